The lowest BCUT2D eigenvalue weighted by molar-refractivity contribution is -0.132. The van der Waals surface area contributed by atoms with Crippen molar-refractivity contribution in [3.8, 4) is 0 Å². The number of piperidine rings is 1. The summed E-state index contributed by atoms with van der Waals surface area (Å²) in [5, 5.41) is 0. The zero-order valence-corrected chi connectivity index (χ0v) is 15.6. The summed E-state index contributed by atoms with van der Waals surface area (Å²) < 4.78 is 11.2. The van der Waals surface area contributed by atoms with Gasteiger partial charge in [-0.2, -0.15) is 0 Å². The van der Waals surface area contributed by atoms with Gasteiger partial charge in [0, 0.05) is 12.3 Å². The van der Waals surface area contributed by atoms with E-state index in [1.807, 2.05) is 39.5 Å². The molecule has 2 saturated heterocycles. The topological polar surface area (TPSA) is 55.8 Å². The van der Waals surface area contributed by atoms with Gasteiger partial charge in [0.05, 0.1) is 25.3 Å². The van der Waals surface area contributed by atoms with Crippen molar-refractivity contribution >= 4 is 11.9 Å². The van der Waals surface area contributed by atoms with E-state index in [0.717, 1.165) is 6.42 Å². The SMILES string of the molecule is CC(C)=CCCC(=O)C1CC2COCC(C1)N2C(=O)OC(C)(C)C. The van der Waals surface area contributed by atoms with Crippen molar-refractivity contribution < 1.29 is 19.1 Å². The molecule has 2 aliphatic rings. The largest absolute Gasteiger partial charge is 0.444 e. The minimum absolute atomic E-state index is 0.0353. The Hall–Kier alpha value is -1.36. The maximum atomic E-state index is 12.5. The summed E-state index contributed by atoms with van der Waals surface area (Å²) in [5.74, 6) is 0.349. The first-order valence-electron chi connectivity index (χ1n) is 8.92. The van der Waals surface area contributed by atoms with Crippen LogP contribution in [0.5, 0.6) is 0 Å². The first-order valence-corrected chi connectivity index (χ1v) is 8.92. The van der Waals surface area contributed by atoms with E-state index in [1.165, 1.54) is 5.57 Å². The van der Waals surface area contributed by atoms with E-state index in [2.05, 4.69) is 6.08 Å². The Morgan fingerprint density at radius 1 is 1.17 bits per heavy atom. The number of carbonyl (C=O) groups is 2. The van der Waals surface area contributed by atoms with E-state index in [-0.39, 0.29) is 24.1 Å². The van der Waals surface area contributed by atoms with E-state index < -0.39 is 5.60 Å². The van der Waals surface area contributed by atoms with E-state index in [4.69, 9.17) is 9.47 Å². The molecule has 2 rings (SSSR count). The van der Waals surface area contributed by atoms with Gasteiger partial charge in [0.15, 0.2) is 0 Å². The standard InChI is InChI=1S/C19H31NO4/c1-13(2)7-6-8-17(21)14-9-15-11-23-12-16(10-14)20(15)18(22)24-19(3,4)5/h7,14-16H,6,8-12H2,1-5H3. The second-order valence-electron chi connectivity index (χ2n) is 8.19. The number of Topliss-reactive ketones (excluding diaryl/α,β-unsaturated/α-hetero) is 1. The highest BCUT2D eigenvalue weighted by molar-refractivity contribution is 5.82. The molecule has 2 bridgehead atoms. The Morgan fingerprint density at radius 2 is 1.75 bits per heavy atom. The second kappa shape index (κ2) is 7.68. The van der Waals surface area contributed by atoms with Crippen molar-refractivity contribution in [2.24, 2.45) is 5.92 Å². The molecule has 0 aromatic carbocycles. The van der Waals surface area contributed by atoms with Crippen LogP contribution >= 0.6 is 0 Å². The summed E-state index contributed by atoms with van der Waals surface area (Å²) in [7, 11) is 0. The van der Waals surface area contributed by atoms with Crippen LogP contribution in [0.15, 0.2) is 11.6 Å². The van der Waals surface area contributed by atoms with Gasteiger partial charge in [0.2, 0.25) is 0 Å². The van der Waals surface area contributed by atoms with Crippen molar-refractivity contribution in [2.75, 3.05) is 13.2 Å². The van der Waals surface area contributed by atoms with Gasteiger partial charge in [-0.15, -0.1) is 0 Å². The Labute approximate surface area is 145 Å². The quantitative estimate of drug-likeness (QED) is 0.734. The first-order chi connectivity index (χ1) is 11.2. The van der Waals surface area contributed by atoms with E-state index in [9.17, 15) is 9.59 Å². The van der Waals surface area contributed by atoms with Gasteiger partial charge in [-0.1, -0.05) is 11.6 Å². The molecule has 0 saturated carbocycles. The molecule has 24 heavy (non-hydrogen) atoms. The predicted octanol–water partition coefficient (Wildman–Crippen LogP) is 3.72. The normalized spacial score (nSPS) is 26.7. The average Bonchev–Trinajstić information content (AvgIpc) is 2.43. The highest BCUT2D eigenvalue weighted by Crippen LogP contribution is 2.34. The van der Waals surface area contributed by atoms with E-state index in [0.29, 0.717) is 38.3 Å². The lowest BCUT2D eigenvalue weighted by atomic mass is 9.81. The summed E-state index contributed by atoms with van der Waals surface area (Å²) in [6.07, 6.45) is 4.59. The van der Waals surface area contributed by atoms with Gasteiger partial charge in [0.25, 0.3) is 0 Å². The van der Waals surface area contributed by atoms with Gasteiger partial charge in [0.1, 0.15) is 11.4 Å². The Balaban J connectivity index is 1.98. The molecule has 2 fully saturated rings. The minimum atomic E-state index is -0.511. The second-order valence-corrected chi connectivity index (χ2v) is 8.19. The third-order valence-corrected chi connectivity index (χ3v) is 4.52. The van der Waals surface area contributed by atoms with Crippen LogP contribution in [0.4, 0.5) is 4.79 Å². The Kier molecular flexibility index (Phi) is 6.07. The molecule has 2 atom stereocenters. The smallest absolute Gasteiger partial charge is 0.410 e. The summed E-state index contributed by atoms with van der Waals surface area (Å²) in [6, 6.07) is -0.102. The van der Waals surface area contributed by atoms with Gasteiger partial charge in [-0.05, 0) is 53.9 Å². The Morgan fingerprint density at radius 3 is 2.25 bits per heavy atom. The van der Waals surface area contributed by atoms with Crippen LogP contribution in [0.25, 0.3) is 0 Å². The fourth-order valence-electron chi connectivity index (χ4n) is 3.50. The number of rotatable bonds is 4. The maximum Gasteiger partial charge on any atom is 0.410 e. The lowest BCUT2D eigenvalue weighted by Crippen LogP contribution is -2.60. The minimum Gasteiger partial charge on any atom is -0.444 e. The summed E-state index contributed by atoms with van der Waals surface area (Å²) in [6.45, 7) is 10.7. The van der Waals surface area contributed by atoms with Gasteiger partial charge < -0.3 is 9.47 Å². The molecule has 136 valence electrons. The van der Waals surface area contributed by atoms with Gasteiger partial charge >= 0.3 is 6.09 Å². The van der Waals surface area contributed by atoms with Crippen molar-refractivity contribution in [2.45, 2.75) is 78.0 Å². The number of hydrogen-bond donors (Lipinski definition) is 0. The molecule has 5 heteroatoms. The molecule has 2 heterocycles. The monoisotopic (exact) mass is 337 g/mol. The average molecular weight is 337 g/mol. The number of morpholine rings is 1. The molecular formula is C19H31NO4. The van der Waals surface area contributed by atoms with Gasteiger partial charge in [-0.3, -0.25) is 9.69 Å². The number of fused-ring (bicyclic) bond motifs is 2. The van der Waals surface area contributed by atoms with Crippen LogP contribution in [-0.4, -0.2) is 47.7 Å². The molecule has 1 amide bonds. The van der Waals surface area contributed by atoms with E-state index >= 15 is 0 Å². The zero-order valence-electron chi connectivity index (χ0n) is 15.6. The molecule has 2 unspecified atom stereocenters. The third kappa shape index (κ3) is 5.07. The fraction of sp³-hybridized carbons (Fsp3) is 0.789. The summed E-state index contributed by atoms with van der Waals surface area (Å²) >= 11 is 0. The highest BCUT2D eigenvalue weighted by atomic mass is 16.6. The third-order valence-electron chi connectivity index (χ3n) is 4.52. The predicted molar refractivity (Wildman–Crippen MR) is 92.9 cm³/mol. The highest BCUT2D eigenvalue weighted by Gasteiger charge is 2.44. The summed E-state index contributed by atoms with van der Waals surface area (Å²) in [4.78, 5) is 26.8. The number of nitrogens with zero attached hydrogens (tertiary/aromatic N) is 1. The van der Waals surface area contributed by atoms with Crippen molar-refractivity contribution in [3.05, 3.63) is 11.6 Å². The zero-order chi connectivity index (χ0) is 17.9. The number of hydrogen-bond acceptors (Lipinski definition) is 4. The molecule has 0 spiro atoms. The molecule has 0 radical (unpaired) electrons. The van der Waals surface area contributed by atoms with Crippen LogP contribution in [0.1, 0.15) is 60.3 Å². The van der Waals surface area contributed by atoms with Crippen LogP contribution < -0.4 is 0 Å². The van der Waals surface area contributed by atoms with Crippen LogP contribution in [0, 0.1) is 5.92 Å². The number of ketones is 1. The van der Waals surface area contributed by atoms with Crippen LogP contribution in [0.3, 0.4) is 0 Å². The van der Waals surface area contributed by atoms with E-state index in [1.54, 1.807) is 0 Å². The molecule has 0 aromatic rings. The number of carbonyl (C=O) groups excluding carboxylic acids is 2. The Bertz CT molecular complexity index is 488. The molecule has 0 aromatic heterocycles. The molecule has 0 aliphatic carbocycles. The fourth-order valence-corrected chi connectivity index (χ4v) is 3.50. The first kappa shape index (κ1) is 19.0. The van der Waals surface area contributed by atoms with Crippen molar-refractivity contribution in [1.29, 1.82) is 0 Å². The molecular weight excluding hydrogens is 306 g/mol. The molecule has 5 nitrogen and oxygen atoms in total. The molecule has 0 N–H and O–H groups in total. The number of allylic oxidation sites excluding steroid dienone is 2. The van der Waals surface area contributed by atoms with Crippen LogP contribution in [-0.2, 0) is 14.3 Å². The molecule has 2 aliphatic heterocycles. The number of amides is 1. The number of ether oxygens (including phenoxy) is 2. The van der Waals surface area contributed by atoms with Gasteiger partial charge in [-0.25, -0.2) is 4.79 Å². The maximum absolute atomic E-state index is 12.5. The van der Waals surface area contributed by atoms with Crippen LogP contribution in [0.2, 0.25) is 0 Å². The summed E-state index contributed by atoms with van der Waals surface area (Å²) in [5.41, 5.74) is 0.733. The van der Waals surface area contributed by atoms with Crippen molar-refractivity contribution in [3.63, 3.8) is 0 Å². The lowest BCUT2D eigenvalue weighted by Gasteiger charge is -2.47. The van der Waals surface area contributed by atoms with Crippen molar-refractivity contribution in [1.82, 2.24) is 4.90 Å².